The molecule has 0 aromatic heterocycles. The minimum atomic E-state index is -5.16. The normalized spacial score (nSPS) is 21.1. The van der Waals surface area contributed by atoms with Crippen LogP contribution in [0.3, 0.4) is 0 Å². The smallest absolute Gasteiger partial charge is 0.432 e. The summed E-state index contributed by atoms with van der Waals surface area (Å²) in [5.41, 5.74) is -5.54. The van der Waals surface area contributed by atoms with Crippen molar-refractivity contribution in [1.29, 1.82) is 0 Å². The van der Waals surface area contributed by atoms with Gasteiger partial charge < -0.3 is 33.2 Å². The summed E-state index contributed by atoms with van der Waals surface area (Å²) in [6, 6.07) is 18.0. The van der Waals surface area contributed by atoms with Gasteiger partial charge in [-0.15, -0.1) is 0 Å². The minimum Gasteiger partial charge on any atom is -0.497 e. The minimum absolute atomic E-state index is 0.0517. The molecule has 0 N–H and O–H groups in total. The second-order valence-electron chi connectivity index (χ2n) is 12.0. The number of halogens is 3. The summed E-state index contributed by atoms with van der Waals surface area (Å²) < 4.78 is 82.0. The summed E-state index contributed by atoms with van der Waals surface area (Å²) in [7, 11) is 4.73. The molecular formula is C36H35F3O10. The van der Waals surface area contributed by atoms with Crippen molar-refractivity contribution < 1.29 is 60.7 Å². The molecule has 13 heteroatoms. The molecule has 49 heavy (non-hydrogen) atoms. The molecule has 0 bridgehead atoms. The van der Waals surface area contributed by atoms with E-state index in [1.54, 1.807) is 56.3 Å². The first kappa shape index (κ1) is 35.3. The third kappa shape index (κ3) is 6.07. The molecule has 260 valence electrons. The lowest BCUT2D eigenvalue weighted by Crippen LogP contribution is -2.56. The topological polar surface area (TPSA) is 116 Å². The highest BCUT2D eigenvalue weighted by atomic mass is 19.4. The molecule has 2 aliphatic rings. The van der Waals surface area contributed by atoms with Crippen molar-refractivity contribution in [3.8, 4) is 11.5 Å². The first-order valence-electron chi connectivity index (χ1n) is 15.1. The Balaban J connectivity index is 1.51. The van der Waals surface area contributed by atoms with E-state index >= 15 is 0 Å². The van der Waals surface area contributed by atoms with Crippen molar-refractivity contribution >= 4 is 23.5 Å². The van der Waals surface area contributed by atoms with Gasteiger partial charge in [0.15, 0.2) is 0 Å². The van der Waals surface area contributed by atoms with E-state index in [4.69, 9.17) is 33.2 Å². The molecule has 3 atom stereocenters. The molecule has 3 aromatic rings. The first-order valence-corrected chi connectivity index (χ1v) is 15.1. The third-order valence-electron chi connectivity index (χ3n) is 8.74. The molecule has 10 nitrogen and oxygen atoms in total. The maximum atomic E-state index is 14.6. The third-order valence-corrected chi connectivity index (χ3v) is 8.74. The number of hydrogen-bond acceptors (Lipinski definition) is 10. The van der Waals surface area contributed by atoms with E-state index in [1.807, 2.05) is 0 Å². The van der Waals surface area contributed by atoms with Crippen LogP contribution in [-0.2, 0) is 56.5 Å². The van der Waals surface area contributed by atoms with Crippen LogP contribution in [-0.4, -0.2) is 69.8 Å². The fraction of sp³-hybridized carbons (Fsp3) is 0.361. The number of carbonyl (C=O) groups excluding carboxylic acids is 3. The van der Waals surface area contributed by atoms with Gasteiger partial charge in [0.2, 0.25) is 11.4 Å². The maximum Gasteiger partial charge on any atom is 0.432 e. The average Bonchev–Trinajstić information content (AvgIpc) is 3.36. The highest BCUT2D eigenvalue weighted by Crippen LogP contribution is 2.46. The van der Waals surface area contributed by atoms with E-state index in [-0.39, 0.29) is 24.2 Å². The molecule has 2 heterocycles. The summed E-state index contributed by atoms with van der Waals surface area (Å²) in [6.07, 6.45) is -6.63. The van der Waals surface area contributed by atoms with Crippen LogP contribution in [0.5, 0.6) is 11.5 Å². The van der Waals surface area contributed by atoms with Gasteiger partial charge in [0.1, 0.15) is 23.2 Å². The molecule has 0 saturated carbocycles. The van der Waals surface area contributed by atoms with Crippen molar-refractivity contribution in [2.75, 3.05) is 28.4 Å². The van der Waals surface area contributed by atoms with Crippen LogP contribution < -0.4 is 9.47 Å². The fourth-order valence-corrected chi connectivity index (χ4v) is 6.22. The predicted octanol–water partition coefficient (Wildman–Crippen LogP) is 5.49. The zero-order valence-electron chi connectivity index (χ0n) is 27.6. The second kappa shape index (κ2) is 13.1. The van der Waals surface area contributed by atoms with Gasteiger partial charge in [-0.3, -0.25) is 0 Å². The highest BCUT2D eigenvalue weighted by molar-refractivity contribution is 6.11. The van der Waals surface area contributed by atoms with Crippen molar-refractivity contribution in [1.82, 2.24) is 0 Å². The number of methoxy groups -OCH3 is 4. The Labute approximate surface area is 280 Å². The number of rotatable bonds is 10. The molecule has 3 aromatic carbocycles. The average molecular weight is 685 g/mol. The zero-order chi connectivity index (χ0) is 35.8. The summed E-state index contributed by atoms with van der Waals surface area (Å²) >= 11 is 0. The number of cyclic esters (lactones) is 1. The quantitative estimate of drug-likeness (QED) is 0.201. The molecule has 5 rings (SSSR count). The SMILES string of the molecule is COC(=O)[C@]1(Cc2ccc3c(c2)C[C@H](OC(=O)[C@](OC)(c2ccccc2)C(F)(F)F)C(C)(C)O3)OC(=O)C(OC)=C1c1ccc(OC)cc1. The monoisotopic (exact) mass is 684 g/mol. The summed E-state index contributed by atoms with van der Waals surface area (Å²) in [4.78, 5) is 40.1. The number of fused-ring (bicyclic) bond motifs is 1. The van der Waals surface area contributed by atoms with Gasteiger partial charge >= 0.3 is 24.1 Å². The van der Waals surface area contributed by atoms with Gasteiger partial charge in [0.25, 0.3) is 5.60 Å². The van der Waals surface area contributed by atoms with Crippen molar-refractivity contribution in [3.63, 3.8) is 0 Å². The van der Waals surface area contributed by atoms with E-state index in [9.17, 15) is 27.6 Å². The number of hydrogen-bond donors (Lipinski definition) is 0. The first-order chi connectivity index (χ1) is 23.2. The predicted molar refractivity (Wildman–Crippen MR) is 167 cm³/mol. The van der Waals surface area contributed by atoms with E-state index < -0.39 is 52.6 Å². The Kier molecular flexibility index (Phi) is 9.44. The lowest BCUT2D eigenvalue weighted by Gasteiger charge is -2.41. The molecule has 0 aliphatic carbocycles. The van der Waals surface area contributed by atoms with E-state index in [0.29, 0.717) is 28.2 Å². The van der Waals surface area contributed by atoms with Gasteiger partial charge in [-0.05, 0) is 48.7 Å². The Hall–Kier alpha value is -5.04. The van der Waals surface area contributed by atoms with Gasteiger partial charge in [-0.2, -0.15) is 13.2 Å². The molecule has 0 amide bonds. The van der Waals surface area contributed by atoms with Crippen molar-refractivity contribution in [2.24, 2.45) is 0 Å². The van der Waals surface area contributed by atoms with Crippen LogP contribution in [0.25, 0.3) is 5.57 Å². The Morgan fingerprint density at radius 2 is 1.57 bits per heavy atom. The summed E-state index contributed by atoms with van der Waals surface area (Å²) in [5, 5.41) is 0. The van der Waals surface area contributed by atoms with Crippen molar-refractivity contribution in [2.45, 2.75) is 55.8 Å². The number of carbonyl (C=O) groups is 3. The van der Waals surface area contributed by atoms with Crippen LogP contribution in [0.1, 0.15) is 36.1 Å². The standard InChI is InChI=1S/C36H35F3O10/c1-33(2)27(47-32(42)35(46-6,36(37,38)39)24-10-8-7-9-11-24)19-23-18-21(12-17-26(23)48-33)20-34(31(41)45-5)28(29(44-4)30(40)49-34)22-13-15-25(43-3)16-14-22/h7-18,27H,19-20H2,1-6H3/t27-,34+,35+/m0/s1. The fourth-order valence-electron chi connectivity index (χ4n) is 6.22. The van der Waals surface area contributed by atoms with Gasteiger partial charge in [0.05, 0.1) is 26.9 Å². The van der Waals surface area contributed by atoms with Gasteiger partial charge in [0, 0.05) is 25.5 Å². The molecule has 0 spiro atoms. The number of alkyl halides is 3. The molecule has 2 aliphatic heterocycles. The van der Waals surface area contributed by atoms with Crippen LogP contribution in [0.2, 0.25) is 0 Å². The second-order valence-corrected chi connectivity index (χ2v) is 12.0. The van der Waals surface area contributed by atoms with Crippen LogP contribution in [0.4, 0.5) is 13.2 Å². The van der Waals surface area contributed by atoms with Gasteiger partial charge in [-0.1, -0.05) is 54.6 Å². The molecular weight excluding hydrogens is 649 g/mol. The number of ether oxygens (including phenoxy) is 7. The Bertz CT molecular complexity index is 1770. The maximum absolute atomic E-state index is 14.6. The Morgan fingerprint density at radius 3 is 2.14 bits per heavy atom. The zero-order valence-corrected chi connectivity index (χ0v) is 27.6. The Morgan fingerprint density at radius 1 is 0.898 bits per heavy atom. The van der Waals surface area contributed by atoms with Crippen molar-refractivity contribution in [3.05, 3.63) is 101 Å². The van der Waals surface area contributed by atoms with E-state index in [0.717, 1.165) is 26.4 Å². The summed E-state index contributed by atoms with van der Waals surface area (Å²) in [5.74, 6) is -2.67. The molecule has 0 unspecified atom stereocenters. The molecule has 0 fully saturated rings. The molecule has 0 radical (unpaired) electrons. The van der Waals surface area contributed by atoms with E-state index in [1.165, 1.54) is 32.4 Å². The summed E-state index contributed by atoms with van der Waals surface area (Å²) in [6.45, 7) is 3.18. The van der Waals surface area contributed by atoms with Gasteiger partial charge in [-0.25, -0.2) is 14.4 Å². The number of benzene rings is 3. The van der Waals surface area contributed by atoms with Crippen LogP contribution in [0, 0.1) is 0 Å². The van der Waals surface area contributed by atoms with Crippen LogP contribution in [0.15, 0.2) is 78.6 Å². The largest absolute Gasteiger partial charge is 0.497 e. The number of esters is 3. The lowest BCUT2D eigenvalue weighted by atomic mass is 9.82. The van der Waals surface area contributed by atoms with E-state index in [2.05, 4.69) is 0 Å². The lowest BCUT2D eigenvalue weighted by molar-refractivity contribution is -0.280. The highest BCUT2D eigenvalue weighted by Gasteiger charge is 2.65. The van der Waals surface area contributed by atoms with Crippen LogP contribution >= 0.6 is 0 Å². The molecule has 0 saturated heterocycles.